The number of rotatable bonds is 6. The first kappa shape index (κ1) is 23.9. The monoisotopic (exact) mass is 493 g/mol. The van der Waals surface area contributed by atoms with Crippen molar-refractivity contribution in [3.05, 3.63) is 47.0 Å². The Morgan fingerprint density at radius 3 is 2.55 bits per heavy atom. The first-order chi connectivity index (χ1) is 15.8. The van der Waals surface area contributed by atoms with Crippen LogP contribution in [0, 0.1) is 0 Å². The largest absolute Gasteiger partial charge is 0.481 e. The zero-order chi connectivity index (χ0) is 23.6. The average molecular weight is 494 g/mol. The molecule has 1 unspecified atom stereocenters. The van der Waals surface area contributed by atoms with Crippen LogP contribution < -0.4 is 4.90 Å². The molecule has 178 valence electrons. The van der Waals surface area contributed by atoms with E-state index in [0.29, 0.717) is 51.3 Å². The third-order valence-corrected chi connectivity index (χ3v) is 8.59. The number of benzene rings is 1. The van der Waals surface area contributed by atoms with Crippen LogP contribution in [0.5, 0.6) is 0 Å². The number of hydrogen-bond donors (Lipinski definition) is 1. The van der Waals surface area contributed by atoms with E-state index in [1.807, 2.05) is 12.2 Å². The van der Waals surface area contributed by atoms with Gasteiger partial charge in [0.15, 0.2) is 0 Å². The van der Waals surface area contributed by atoms with Crippen LogP contribution in [0.2, 0.25) is 0 Å². The van der Waals surface area contributed by atoms with Crippen LogP contribution in [0.3, 0.4) is 0 Å². The number of halogens is 1. The molecule has 1 saturated heterocycles. The number of anilines is 1. The van der Waals surface area contributed by atoms with Crippen LogP contribution in [0.25, 0.3) is 0 Å². The van der Waals surface area contributed by atoms with E-state index in [0.717, 1.165) is 17.0 Å². The molecule has 1 N–H and O–H groups in total. The molecule has 1 fully saturated rings. The van der Waals surface area contributed by atoms with Crippen molar-refractivity contribution < 1.29 is 23.1 Å². The number of nitrogens with zero attached hydrogens (tertiary/aromatic N) is 3. The second-order valence-electron chi connectivity index (χ2n) is 8.54. The molecule has 1 atom stereocenters. The van der Waals surface area contributed by atoms with Gasteiger partial charge in [-0.05, 0) is 42.7 Å². The highest BCUT2D eigenvalue weighted by Gasteiger charge is 2.32. The number of amides is 1. The fraction of sp³-hybridized carbons (Fsp3) is 0.478. The highest BCUT2D eigenvalue weighted by Crippen LogP contribution is 2.31. The molecule has 4 rings (SSSR count). The van der Waals surface area contributed by atoms with Gasteiger partial charge in [0, 0.05) is 62.3 Å². The van der Waals surface area contributed by atoms with Crippen molar-refractivity contribution in [3.63, 3.8) is 0 Å². The van der Waals surface area contributed by atoms with Gasteiger partial charge in [-0.2, -0.15) is 4.31 Å². The number of carboxylic acids is 1. The van der Waals surface area contributed by atoms with Gasteiger partial charge in [0.25, 0.3) is 0 Å². The summed E-state index contributed by atoms with van der Waals surface area (Å²) in [6.45, 7) is 2.59. The number of aliphatic carboxylic acids is 1. The van der Waals surface area contributed by atoms with Crippen LogP contribution >= 0.6 is 11.6 Å². The van der Waals surface area contributed by atoms with Crippen molar-refractivity contribution >= 4 is 39.2 Å². The maximum absolute atomic E-state index is 13.3. The summed E-state index contributed by atoms with van der Waals surface area (Å²) in [5.41, 5.74) is 1.48. The summed E-state index contributed by atoms with van der Waals surface area (Å²) in [5, 5.41) is 9.66. The third-order valence-electron chi connectivity index (χ3n) is 6.42. The van der Waals surface area contributed by atoms with Crippen molar-refractivity contribution in [1.82, 2.24) is 9.21 Å². The first-order valence-corrected chi connectivity index (χ1v) is 13.0. The molecular formula is C23H28ClN3O5S. The Balaban J connectivity index is 1.45. The molecule has 1 aliphatic carbocycles. The van der Waals surface area contributed by atoms with Gasteiger partial charge in [-0.15, -0.1) is 0 Å². The highest BCUT2D eigenvalue weighted by molar-refractivity contribution is 7.89. The van der Waals surface area contributed by atoms with E-state index in [9.17, 15) is 18.0 Å². The minimum atomic E-state index is -3.65. The lowest BCUT2D eigenvalue weighted by Crippen LogP contribution is -2.51. The molecule has 3 aliphatic rings. The van der Waals surface area contributed by atoms with E-state index in [-0.39, 0.29) is 29.7 Å². The molecule has 8 nitrogen and oxygen atoms in total. The van der Waals surface area contributed by atoms with Gasteiger partial charge in [-0.3, -0.25) is 14.5 Å². The highest BCUT2D eigenvalue weighted by atomic mass is 35.5. The minimum absolute atomic E-state index is 0.0731. The van der Waals surface area contributed by atoms with Crippen LogP contribution in [0.4, 0.5) is 5.69 Å². The molecule has 1 amide bonds. The average Bonchev–Trinajstić information content (AvgIpc) is 2.81. The molecule has 0 saturated carbocycles. The lowest BCUT2D eigenvalue weighted by Gasteiger charge is -2.38. The Morgan fingerprint density at radius 1 is 1.09 bits per heavy atom. The maximum Gasteiger partial charge on any atom is 0.303 e. The number of piperazine rings is 1. The Hall–Kier alpha value is -2.20. The number of hydrogen-bond acceptors (Lipinski definition) is 5. The van der Waals surface area contributed by atoms with E-state index >= 15 is 0 Å². The van der Waals surface area contributed by atoms with Gasteiger partial charge < -0.3 is 10.0 Å². The van der Waals surface area contributed by atoms with Crippen LogP contribution in [0.15, 0.2) is 46.4 Å². The van der Waals surface area contributed by atoms with Gasteiger partial charge >= 0.3 is 5.97 Å². The Labute approximate surface area is 199 Å². The van der Waals surface area contributed by atoms with Crippen LogP contribution in [-0.2, 0) is 26.0 Å². The van der Waals surface area contributed by atoms with E-state index in [1.54, 1.807) is 23.1 Å². The zero-order valence-electron chi connectivity index (χ0n) is 18.3. The molecule has 0 spiro atoms. The molecule has 1 aromatic carbocycles. The molecule has 0 aromatic heterocycles. The normalized spacial score (nSPS) is 22.0. The number of carboxylic acid groups (broad SMARTS) is 1. The Kier molecular flexibility index (Phi) is 7.23. The fourth-order valence-electron chi connectivity index (χ4n) is 4.64. The van der Waals surface area contributed by atoms with Crippen molar-refractivity contribution in [1.29, 1.82) is 0 Å². The zero-order valence-corrected chi connectivity index (χ0v) is 19.9. The lowest BCUT2D eigenvalue weighted by atomic mass is 10.0. The van der Waals surface area contributed by atoms with Gasteiger partial charge in [0.05, 0.1) is 11.3 Å². The topological polar surface area (TPSA) is 98.2 Å². The molecular weight excluding hydrogens is 466 g/mol. The standard InChI is InChI=1S/C23H28ClN3O5S/c24-18-4-1-5-19(16-18)25-11-13-26(14-12-25)33(31,32)20-6-7-21-17(15-20)3-2-10-27(21)22(28)8-9-23(29)30/h1,4-7,15,19H,2-3,8-14,16H2,(H,29,30). The summed E-state index contributed by atoms with van der Waals surface area (Å²) < 4.78 is 28.2. The number of carbonyl (C=O) groups is 2. The first-order valence-electron chi connectivity index (χ1n) is 11.2. The molecule has 10 heteroatoms. The number of allylic oxidation sites excluding steroid dienone is 2. The summed E-state index contributed by atoms with van der Waals surface area (Å²) in [6, 6.07) is 5.10. The summed E-state index contributed by atoms with van der Waals surface area (Å²) >= 11 is 6.16. The number of sulfonamides is 1. The number of carbonyl (C=O) groups excluding carboxylic acids is 1. The summed E-state index contributed by atoms with van der Waals surface area (Å²) in [7, 11) is -3.65. The lowest BCUT2D eigenvalue weighted by molar-refractivity contribution is -0.138. The molecule has 0 bridgehead atoms. The van der Waals surface area contributed by atoms with E-state index in [1.165, 1.54) is 4.31 Å². The second kappa shape index (κ2) is 9.97. The van der Waals surface area contributed by atoms with Gasteiger partial charge in [-0.25, -0.2) is 8.42 Å². The summed E-state index contributed by atoms with van der Waals surface area (Å²) in [6.07, 6.45) is 7.77. The Bertz CT molecular complexity index is 1090. The second-order valence-corrected chi connectivity index (χ2v) is 11.0. The van der Waals surface area contributed by atoms with Crippen LogP contribution in [0.1, 0.15) is 31.2 Å². The van der Waals surface area contributed by atoms with Crippen LogP contribution in [-0.4, -0.2) is 73.4 Å². The van der Waals surface area contributed by atoms with Crippen molar-refractivity contribution in [2.24, 2.45) is 0 Å². The molecule has 2 heterocycles. The summed E-state index contributed by atoms with van der Waals surface area (Å²) in [5.74, 6) is -1.27. The predicted octanol–water partition coefficient (Wildman–Crippen LogP) is 2.59. The van der Waals surface area contributed by atoms with Crippen molar-refractivity contribution in [2.75, 3.05) is 37.6 Å². The van der Waals surface area contributed by atoms with Gasteiger partial charge in [-0.1, -0.05) is 23.8 Å². The molecule has 2 aliphatic heterocycles. The van der Waals surface area contributed by atoms with Gasteiger partial charge in [0.1, 0.15) is 0 Å². The van der Waals surface area contributed by atoms with Crippen molar-refractivity contribution in [2.45, 2.75) is 43.0 Å². The van der Waals surface area contributed by atoms with E-state index in [4.69, 9.17) is 16.7 Å². The SMILES string of the molecule is O=C(O)CCC(=O)N1CCCc2cc(S(=O)(=O)N3CCN(C4C=CC=C(Cl)C4)CC3)ccc21. The minimum Gasteiger partial charge on any atom is -0.481 e. The quantitative estimate of drug-likeness (QED) is 0.654. The fourth-order valence-corrected chi connectivity index (χ4v) is 6.35. The predicted molar refractivity (Wildman–Crippen MR) is 126 cm³/mol. The smallest absolute Gasteiger partial charge is 0.303 e. The molecule has 0 radical (unpaired) electrons. The maximum atomic E-state index is 13.3. The summed E-state index contributed by atoms with van der Waals surface area (Å²) in [4.78, 5) is 27.4. The Morgan fingerprint density at radius 2 is 1.85 bits per heavy atom. The van der Waals surface area contributed by atoms with Crippen molar-refractivity contribution in [3.8, 4) is 0 Å². The number of fused-ring (bicyclic) bond motifs is 1. The van der Waals surface area contributed by atoms with E-state index in [2.05, 4.69) is 11.0 Å². The third kappa shape index (κ3) is 5.32. The molecule has 1 aromatic rings. The molecule has 33 heavy (non-hydrogen) atoms. The van der Waals surface area contributed by atoms with E-state index < -0.39 is 16.0 Å². The number of aryl methyl sites for hydroxylation is 1. The van der Waals surface area contributed by atoms with Gasteiger partial charge in [0.2, 0.25) is 15.9 Å².